The molecule has 3 heterocycles. The third-order valence-electron chi connectivity index (χ3n) is 9.04. The highest BCUT2D eigenvalue weighted by Gasteiger charge is 2.17. The molecule has 4 nitrogen and oxygen atoms in total. The smallest absolute Gasteiger partial charge is 0.0991 e. The van der Waals surface area contributed by atoms with Crippen LogP contribution in [0, 0.1) is 11.3 Å². The first-order valence-electron chi connectivity index (χ1n) is 15.3. The molecule has 0 aliphatic rings. The fourth-order valence-corrected chi connectivity index (χ4v) is 6.87. The fourth-order valence-electron chi connectivity index (χ4n) is 6.87. The van der Waals surface area contributed by atoms with Crippen molar-refractivity contribution in [2.24, 2.45) is 0 Å². The minimum atomic E-state index is 0.662. The lowest BCUT2D eigenvalue weighted by Crippen LogP contribution is -1.93. The third kappa shape index (κ3) is 4.03. The Kier molecular flexibility index (Phi) is 5.84. The van der Waals surface area contributed by atoms with Crippen LogP contribution in [0.2, 0.25) is 0 Å². The minimum absolute atomic E-state index is 0.662. The maximum Gasteiger partial charge on any atom is 0.0991 e. The third-order valence-corrected chi connectivity index (χ3v) is 9.04. The number of para-hydroxylation sites is 2. The van der Waals surface area contributed by atoms with Crippen molar-refractivity contribution < 1.29 is 0 Å². The van der Waals surface area contributed by atoms with E-state index in [1.807, 2.05) is 36.7 Å². The van der Waals surface area contributed by atoms with Crippen molar-refractivity contribution in [2.45, 2.75) is 0 Å². The number of pyridine rings is 1. The van der Waals surface area contributed by atoms with Crippen molar-refractivity contribution in [3.05, 3.63) is 164 Å². The number of nitrogens with zero attached hydrogens (tertiary/aromatic N) is 4. The van der Waals surface area contributed by atoms with E-state index in [1.165, 1.54) is 16.2 Å². The van der Waals surface area contributed by atoms with Crippen molar-refractivity contribution >= 4 is 43.6 Å². The Morgan fingerprint density at radius 1 is 0.435 bits per heavy atom. The Morgan fingerprint density at radius 2 is 0.957 bits per heavy atom. The molecular weight excluding hydrogens is 560 g/mol. The highest BCUT2D eigenvalue weighted by molar-refractivity contribution is 6.13. The molecule has 46 heavy (non-hydrogen) atoms. The number of rotatable bonds is 4. The molecule has 0 radical (unpaired) electrons. The largest absolute Gasteiger partial charge is 0.309 e. The summed E-state index contributed by atoms with van der Waals surface area (Å²) >= 11 is 0. The van der Waals surface area contributed by atoms with Gasteiger partial charge in [-0.2, -0.15) is 5.26 Å². The van der Waals surface area contributed by atoms with Crippen LogP contribution in [-0.2, 0) is 0 Å². The number of nitriles is 1. The van der Waals surface area contributed by atoms with Crippen LogP contribution < -0.4 is 0 Å². The molecule has 0 N–H and O–H groups in total. The predicted octanol–water partition coefficient (Wildman–Crippen LogP) is 10.5. The van der Waals surface area contributed by atoms with Crippen LogP contribution >= 0.6 is 0 Å². The van der Waals surface area contributed by atoms with Crippen molar-refractivity contribution in [3.8, 4) is 39.7 Å². The second kappa shape index (κ2) is 10.3. The lowest BCUT2D eigenvalue weighted by molar-refractivity contribution is 1.17. The van der Waals surface area contributed by atoms with Gasteiger partial charge in [-0.25, -0.2) is 0 Å². The van der Waals surface area contributed by atoms with Gasteiger partial charge >= 0.3 is 0 Å². The number of aromatic nitrogens is 3. The summed E-state index contributed by atoms with van der Waals surface area (Å²) in [5, 5.41) is 14.0. The molecule has 0 saturated heterocycles. The van der Waals surface area contributed by atoms with Gasteiger partial charge in [-0.15, -0.1) is 0 Å². The van der Waals surface area contributed by atoms with E-state index in [4.69, 9.17) is 0 Å². The summed E-state index contributed by atoms with van der Waals surface area (Å²) in [7, 11) is 0. The number of fused-ring (bicyclic) bond motifs is 6. The molecule has 0 amide bonds. The molecule has 0 fully saturated rings. The Balaban J connectivity index is 1.28. The van der Waals surface area contributed by atoms with Crippen LogP contribution in [0.25, 0.3) is 77.2 Å². The summed E-state index contributed by atoms with van der Waals surface area (Å²) in [4.78, 5) is 4.45. The van der Waals surface area contributed by atoms with E-state index >= 15 is 0 Å². The standard InChI is InChI=1S/C42H26N4/c43-26-28-11-13-29(14-12-28)30-16-19-39-36(23-30)37-24-31(17-20-40(37)45(39)33-7-3-1-4-8-33)32-15-18-35-38-27-44-22-21-41(38)46(42(35)25-32)34-9-5-2-6-10-34/h1-25,27H. The Labute approximate surface area is 265 Å². The van der Waals surface area contributed by atoms with Crippen LogP contribution in [0.5, 0.6) is 0 Å². The predicted molar refractivity (Wildman–Crippen MR) is 189 cm³/mol. The Bertz CT molecular complexity index is 2620. The molecular formula is C42H26N4. The number of hydrogen-bond acceptors (Lipinski definition) is 2. The lowest BCUT2D eigenvalue weighted by atomic mass is 9.99. The topological polar surface area (TPSA) is 46.5 Å². The molecule has 0 bridgehead atoms. The molecule has 6 aromatic carbocycles. The molecule has 0 spiro atoms. The van der Waals surface area contributed by atoms with Gasteiger partial charge in [-0.3, -0.25) is 4.98 Å². The molecule has 9 rings (SSSR count). The van der Waals surface area contributed by atoms with E-state index in [0.29, 0.717) is 5.56 Å². The van der Waals surface area contributed by atoms with E-state index < -0.39 is 0 Å². The molecule has 0 aliphatic carbocycles. The second-order valence-electron chi connectivity index (χ2n) is 11.6. The average molecular weight is 587 g/mol. The lowest BCUT2D eigenvalue weighted by Gasteiger charge is -2.10. The van der Waals surface area contributed by atoms with Gasteiger partial charge in [-0.05, 0) is 95.1 Å². The fraction of sp³-hybridized carbons (Fsp3) is 0. The summed E-state index contributed by atoms with van der Waals surface area (Å²) in [5.41, 5.74) is 12.1. The van der Waals surface area contributed by atoms with E-state index in [1.54, 1.807) is 0 Å². The molecule has 0 aliphatic heterocycles. The monoisotopic (exact) mass is 586 g/mol. The van der Waals surface area contributed by atoms with Gasteiger partial charge in [0.05, 0.1) is 33.7 Å². The maximum absolute atomic E-state index is 9.30. The Morgan fingerprint density at radius 3 is 1.59 bits per heavy atom. The van der Waals surface area contributed by atoms with Crippen molar-refractivity contribution in [3.63, 3.8) is 0 Å². The van der Waals surface area contributed by atoms with Crippen LogP contribution in [0.4, 0.5) is 0 Å². The molecule has 3 aromatic heterocycles. The summed E-state index contributed by atoms with van der Waals surface area (Å²) < 4.78 is 4.68. The normalized spacial score (nSPS) is 11.5. The first-order valence-corrected chi connectivity index (χ1v) is 15.3. The minimum Gasteiger partial charge on any atom is -0.309 e. The van der Waals surface area contributed by atoms with Crippen LogP contribution in [0.1, 0.15) is 5.56 Å². The van der Waals surface area contributed by atoms with Gasteiger partial charge in [0.25, 0.3) is 0 Å². The molecule has 0 saturated carbocycles. The molecule has 9 aromatic rings. The summed E-state index contributed by atoms with van der Waals surface area (Å²) in [6.45, 7) is 0. The zero-order chi connectivity index (χ0) is 30.6. The molecule has 0 atom stereocenters. The quantitative estimate of drug-likeness (QED) is 0.206. The van der Waals surface area contributed by atoms with Crippen molar-refractivity contribution in [2.75, 3.05) is 0 Å². The average Bonchev–Trinajstić information content (AvgIpc) is 3.64. The summed E-state index contributed by atoms with van der Waals surface area (Å²) in [6.07, 6.45) is 3.83. The van der Waals surface area contributed by atoms with Gasteiger partial charge in [0.2, 0.25) is 0 Å². The second-order valence-corrected chi connectivity index (χ2v) is 11.6. The number of benzene rings is 6. The number of hydrogen-bond donors (Lipinski definition) is 0. The molecule has 4 heteroatoms. The molecule has 0 unspecified atom stereocenters. The highest BCUT2D eigenvalue weighted by atomic mass is 15.0. The van der Waals surface area contributed by atoms with E-state index in [0.717, 1.165) is 61.1 Å². The van der Waals surface area contributed by atoms with E-state index in [-0.39, 0.29) is 0 Å². The van der Waals surface area contributed by atoms with Gasteiger partial charge in [0.1, 0.15) is 0 Å². The van der Waals surface area contributed by atoms with Crippen LogP contribution in [-0.4, -0.2) is 14.1 Å². The van der Waals surface area contributed by atoms with Crippen molar-refractivity contribution in [1.29, 1.82) is 5.26 Å². The van der Waals surface area contributed by atoms with Gasteiger partial charge in [0.15, 0.2) is 0 Å². The maximum atomic E-state index is 9.30. The summed E-state index contributed by atoms with van der Waals surface area (Å²) in [5.74, 6) is 0. The first kappa shape index (κ1) is 26.0. The summed E-state index contributed by atoms with van der Waals surface area (Å²) in [6, 6.07) is 53.5. The van der Waals surface area contributed by atoms with Gasteiger partial charge in [-0.1, -0.05) is 72.8 Å². The van der Waals surface area contributed by atoms with Gasteiger partial charge in [0, 0.05) is 45.3 Å². The molecule has 214 valence electrons. The SMILES string of the molecule is N#Cc1ccc(-c2ccc3c(c2)c2cc(-c4ccc5c6cnccc6n(-c6ccccc6)c5c4)ccc2n3-c2ccccc2)cc1. The van der Waals surface area contributed by atoms with E-state index in [2.05, 4.69) is 142 Å². The van der Waals surface area contributed by atoms with Gasteiger partial charge < -0.3 is 9.13 Å². The first-order chi connectivity index (χ1) is 22.8. The highest BCUT2D eigenvalue weighted by Crippen LogP contribution is 2.39. The van der Waals surface area contributed by atoms with Crippen LogP contribution in [0.3, 0.4) is 0 Å². The van der Waals surface area contributed by atoms with E-state index in [9.17, 15) is 5.26 Å². The van der Waals surface area contributed by atoms with Crippen LogP contribution in [0.15, 0.2) is 158 Å². The zero-order valence-electron chi connectivity index (χ0n) is 24.8. The van der Waals surface area contributed by atoms with Crippen molar-refractivity contribution in [1.82, 2.24) is 14.1 Å². The zero-order valence-corrected chi connectivity index (χ0v) is 24.8. The Hall–Kier alpha value is -6.44.